The number of ether oxygens (including phenoxy) is 1. The normalized spacial score (nSPS) is 12.7. The number of anilines is 2. The molecule has 0 heterocycles. The monoisotopic (exact) mass is 315 g/mol. The van der Waals surface area contributed by atoms with E-state index in [-0.39, 0.29) is 18.0 Å². The Labute approximate surface area is 124 Å². The number of benzene rings is 1. The van der Waals surface area contributed by atoms with Crippen molar-refractivity contribution in [3.8, 4) is 0 Å². The number of carbonyl (C=O) groups excluding carboxylic acids is 1. The second-order valence-corrected chi connectivity index (χ2v) is 6.14. The molecule has 118 valence electrons. The van der Waals surface area contributed by atoms with Gasteiger partial charge < -0.3 is 15.8 Å². The molecule has 1 aromatic carbocycles. The summed E-state index contributed by atoms with van der Waals surface area (Å²) < 4.78 is 31.2. The number of esters is 1. The van der Waals surface area contributed by atoms with Crippen LogP contribution in [-0.2, 0) is 19.6 Å². The molecule has 1 unspecified atom stereocenters. The first kappa shape index (κ1) is 17.3. The van der Waals surface area contributed by atoms with E-state index < -0.39 is 22.0 Å². The van der Waals surface area contributed by atoms with E-state index >= 15 is 0 Å². The number of hydrogen-bond donors (Lipinski definition) is 3. The van der Waals surface area contributed by atoms with E-state index in [2.05, 4.69) is 10.0 Å². The Morgan fingerprint density at radius 2 is 2.05 bits per heavy atom. The Morgan fingerprint density at radius 1 is 1.38 bits per heavy atom. The van der Waals surface area contributed by atoms with Crippen LogP contribution in [0.25, 0.3) is 0 Å². The number of rotatable bonds is 7. The number of sulfonamides is 1. The van der Waals surface area contributed by atoms with Crippen LogP contribution in [0.2, 0.25) is 0 Å². The highest BCUT2D eigenvalue weighted by molar-refractivity contribution is 7.89. The van der Waals surface area contributed by atoms with Crippen molar-refractivity contribution >= 4 is 27.4 Å². The van der Waals surface area contributed by atoms with Gasteiger partial charge in [0.15, 0.2) is 0 Å². The average Bonchev–Trinajstić information content (AvgIpc) is 2.41. The summed E-state index contributed by atoms with van der Waals surface area (Å²) >= 11 is 0. The summed E-state index contributed by atoms with van der Waals surface area (Å²) in [4.78, 5) is 11.7. The van der Waals surface area contributed by atoms with Gasteiger partial charge in [0.2, 0.25) is 10.0 Å². The van der Waals surface area contributed by atoms with Gasteiger partial charge in [0, 0.05) is 6.54 Å². The van der Waals surface area contributed by atoms with Crippen molar-refractivity contribution in [2.45, 2.75) is 31.7 Å². The number of nitrogen functional groups attached to an aromatic ring is 1. The molecule has 0 aliphatic carbocycles. The van der Waals surface area contributed by atoms with Gasteiger partial charge >= 0.3 is 5.97 Å². The van der Waals surface area contributed by atoms with Crippen molar-refractivity contribution in [3.63, 3.8) is 0 Å². The zero-order valence-corrected chi connectivity index (χ0v) is 13.2. The summed E-state index contributed by atoms with van der Waals surface area (Å²) in [5, 5.41) is 2.86. The third-order valence-corrected chi connectivity index (χ3v) is 4.22. The Bertz CT molecular complexity index is 601. The lowest BCUT2D eigenvalue weighted by Crippen LogP contribution is -2.29. The summed E-state index contributed by atoms with van der Waals surface area (Å²) in [6, 6.07) is 3.64. The molecule has 0 aliphatic heterocycles. The molecule has 4 N–H and O–H groups in total. The molecular weight excluding hydrogens is 294 g/mol. The van der Waals surface area contributed by atoms with Crippen LogP contribution in [0.15, 0.2) is 23.1 Å². The van der Waals surface area contributed by atoms with Crippen molar-refractivity contribution in [3.05, 3.63) is 18.2 Å². The smallest absolute Gasteiger partial charge is 0.328 e. The standard InChI is InChI=1S/C13H21N3O4S/c1-4-15-21(18,19)10-6-7-11(14)12(8-10)16-9(3)13(17)20-5-2/h6-9,15-16H,4-5,14H2,1-3H3. The summed E-state index contributed by atoms with van der Waals surface area (Å²) in [7, 11) is -3.58. The highest BCUT2D eigenvalue weighted by atomic mass is 32.2. The molecule has 1 aromatic rings. The van der Waals surface area contributed by atoms with Crippen LogP contribution in [0.5, 0.6) is 0 Å². The van der Waals surface area contributed by atoms with E-state index in [1.807, 2.05) is 0 Å². The molecule has 8 heteroatoms. The third kappa shape index (κ3) is 4.61. The van der Waals surface area contributed by atoms with Crippen LogP contribution in [0.1, 0.15) is 20.8 Å². The topological polar surface area (TPSA) is 111 Å². The van der Waals surface area contributed by atoms with Gasteiger partial charge in [0.1, 0.15) is 6.04 Å². The predicted octanol–water partition coefficient (Wildman–Crippen LogP) is 0.930. The third-order valence-electron chi connectivity index (χ3n) is 2.68. The first-order chi connectivity index (χ1) is 9.81. The molecule has 0 saturated heterocycles. The first-order valence-electron chi connectivity index (χ1n) is 6.64. The lowest BCUT2D eigenvalue weighted by atomic mass is 10.2. The molecule has 0 aliphatic rings. The second-order valence-electron chi connectivity index (χ2n) is 4.37. The zero-order chi connectivity index (χ0) is 16.0. The van der Waals surface area contributed by atoms with Crippen LogP contribution < -0.4 is 15.8 Å². The number of carbonyl (C=O) groups is 1. The minimum atomic E-state index is -3.58. The molecule has 0 fully saturated rings. The van der Waals surface area contributed by atoms with Gasteiger partial charge in [-0.15, -0.1) is 0 Å². The van der Waals surface area contributed by atoms with E-state index in [4.69, 9.17) is 10.5 Å². The van der Waals surface area contributed by atoms with Gasteiger partial charge in [0.25, 0.3) is 0 Å². The molecule has 0 spiro atoms. The summed E-state index contributed by atoms with van der Waals surface area (Å²) in [6.45, 7) is 5.58. The maximum Gasteiger partial charge on any atom is 0.328 e. The molecule has 1 rings (SSSR count). The highest BCUT2D eigenvalue weighted by Crippen LogP contribution is 2.23. The van der Waals surface area contributed by atoms with Crippen molar-refractivity contribution in [2.75, 3.05) is 24.2 Å². The van der Waals surface area contributed by atoms with Crippen LogP contribution in [0, 0.1) is 0 Å². The quantitative estimate of drug-likeness (QED) is 0.510. The van der Waals surface area contributed by atoms with E-state index in [9.17, 15) is 13.2 Å². The van der Waals surface area contributed by atoms with Gasteiger partial charge in [-0.2, -0.15) is 0 Å². The fourth-order valence-corrected chi connectivity index (χ4v) is 2.73. The number of hydrogen-bond acceptors (Lipinski definition) is 6. The molecule has 0 aromatic heterocycles. The number of nitrogens with one attached hydrogen (secondary N) is 2. The number of nitrogens with two attached hydrogens (primary N) is 1. The minimum absolute atomic E-state index is 0.0807. The summed E-state index contributed by atoms with van der Waals surface area (Å²) in [5.74, 6) is -0.433. The van der Waals surface area contributed by atoms with Gasteiger partial charge in [-0.3, -0.25) is 0 Å². The van der Waals surface area contributed by atoms with Crippen LogP contribution >= 0.6 is 0 Å². The molecule has 0 radical (unpaired) electrons. The first-order valence-corrected chi connectivity index (χ1v) is 8.12. The Kier molecular flexibility index (Phi) is 5.98. The van der Waals surface area contributed by atoms with Gasteiger partial charge in [0.05, 0.1) is 22.9 Å². The fraction of sp³-hybridized carbons (Fsp3) is 0.462. The Morgan fingerprint density at radius 3 is 2.62 bits per heavy atom. The molecule has 0 saturated carbocycles. The average molecular weight is 315 g/mol. The maximum atomic E-state index is 11.9. The van der Waals surface area contributed by atoms with Gasteiger partial charge in [-0.05, 0) is 32.0 Å². The Balaban J connectivity index is 3.01. The van der Waals surface area contributed by atoms with E-state index in [1.165, 1.54) is 18.2 Å². The van der Waals surface area contributed by atoms with Gasteiger partial charge in [-0.25, -0.2) is 17.9 Å². The molecule has 1 atom stereocenters. The van der Waals surface area contributed by atoms with Crippen molar-refractivity contribution in [1.82, 2.24) is 4.72 Å². The molecule has 0 amide bonds. The molecule has 7 nitrogen and oxygen atoms in total. The second kappa shape index (κ2) is 7.28. The largest absolute Gasteiger partial charge is 0.464 e. The van der Waals surface area contributed by atoms with Gasteiger partial charge in [-0.1, -0.05) is 6.92 Å². The van der Waals surface area contributed by atoms with Crippen molar-refractivity contribution in [1.29, 1.82) is 0 Å². The lowest BCUT2D eigenvalue weighted by molar-refractivity contribution is -0.143. The van der Waals surface area contributed by atoms with Crippen molar-refractivity contribution < 1.29 is 17.9 Å². The Hall–Kier alpha value is -1.80. The zero-order valence-electron chi connectivity index (χ0n) is 12.3. The highest BCUT2D eigenvalue weighted by Gasteiger charge is 2.18. The summed E-state index contributed by atoms with van der Waals surface area (Å²) in [6.07, 6.45) is 0. The SMILES string of the molecule is CCNS(=O)(=O)c1ccc(N)c(NC(C)C(=O)OCC)c1. The molecule has 0 bridgehead atoms. The molecular formula is C13H21N3O4S. The predicted molar refractivity (Wildman–Crippen MR) is 81.4 cm³/mol. The summed E-state index contributed by atoms with van der Waals surface area (Å²) in [5.41, 5.74) is 6.52. The van der Waals surface area contributed by atoms with E-state index in [0.29, 0.717) is 11.4 Å². The van der Waals surface area contributed by atoms with Crippen LogP contribution in [0.4, 0.5) is 11.4 Å². The van der Waals surface area contributed by atoms with Crippen LogP contribution in [0.3, 0.4) is 0 Å². The molecule has 21 heavy (non-hydrogen) atoms. The van der Waals surface area contributed by atoms with Crippen molar-refractivity contribution in [2.24, 2.45) is 0 Å². The minimum Gasteiger partial charge on any atom is -0.464 e. The maximum absolute atomic E-state index is 11.9. The fourth-order valence-electron chi connectivity index (χ4n) is 1.66. The van der Waals surface area contributed by atoms with E-state index in [0.717, 1.165) is 0 Å². The van der Waals surface area contributed by atoms with E-state index in [1.54, 1.807) is 20.8 Å². The lowest BCUT2D eigenvalue weighted by Gasteiger charge is -2.16. The van der Waals surface area contributed by atoms with Crippen LogP contribution in [-0.4, -0.2) is 33.6 Å².